The Morgan fingerprint density at radius 2 is 1.70 bits per heavy atom. The van der Waals surface area contributed by atoms with Gasteiger partial charge in [0.1, 0.15) is 0 Å². The molecular formula is C21H27F3N2O. The third kappa shape index (κ3) is 4.15. The molecule has 1 aromatic rings. The van der Waals surface area contributed by atoms with Gasteiger partial charge in [-0.2, -0.15) is 13.2 Å². The monoisotopic (exact) mass is 380 g/mol. The molecule has 1 aromatic carbocycles. The zero-order valence-electron chi connectivity index (χ0n) is 15.5. The third-order valence-electron chi connectivity index (χ3n) is 6.30. The molecule has 3 fully saturated rings. The van der Waals surface area contributed by atoms with Crippen LogP contribution in [0.2, 0.25) is 0 Å². The van der Waals surface area contributed by atoms with Gasteiger partial charge >= 0.3 is 6.18 Å². The molecule has 0 radical (unpaired) electrons. The van der Waals surface area contributed by atoms with E-state index in [9.17, 15) is 18.0 Å². The molecule has 1 saturated heterocycles. The largest absolute Gasteiger partial charge is 0.416 e. The number of likely N-dealkylation sites (tertiary alicyclic amines) is 1. The van der Waals surface area contributed by atoms with E-state index in [0.29, 0.717) is 17.2 Å². The van der Waals surface area contributed by atoms with Crippen LogP contribution >= 0.6 is 0 Å². The topological polar surface area (TPSA) is 32.3 Å². The van der Waals surface area contributed by atoms with Crippen molar-refractivity contribution in [3.63, 3.8) is 0 Å². The highest BCUT2D eigenvalue weighted by Crippen LogP contribution is 2.43. The van der Waals surface area contributed by atoms with Crippen molar-refractivity contribution in [1.82, 2.24) is 10.2 Å². The van der Waals surface area contributed by atoms with E-state index in [1.165, 1.54) is 31.4 Å². The fraction of sp³-hybridized carbons (Fsp3) is 0.667. The summed E-state index contributed by atoms with van der Waals surface area (Å²) >= 11 is 0. The Morgan fingerprint density at radius 1 is 1.00 bits per heavy atom. The summed E-state index contributed by atoms with van der Waals surface area (Å²) < 4.78 is 39.2. The lowest BCUT2D eigenvalue weighted by Crippen LogP contribution is -2.52. The van der Waals surface area contributed by atoms with Gasteiger partial charge < -0.3 is 5.32 Å². The van der Waals surface area contributed by atoms with Crippen LogP contribution in [0.1, 0.15) is 78.8 Å². The number of benzene rings is 1. The number of alkyl halides is 3. The van der Waals surface area contributed by atoms with E-state index >= 15 is 0 Å². The highest BCUT2D eigenvalue weighted by Gasteiger charge is 2.36. The van der Waals surface area contributed by atoms with Gasteiger partial charge in [0.25, 0.3) is 5.91 Å². The number of carbonyl (C=O) groups is 1. The second-order valence-electron chi connectivity index (χ2n) is 8.25. The molecule has 0 aromatic heterocycles. The lowest BCUT2D eigenvalue weighted by atomic mass is 9.88. The number of rotatable bonds is 4. The normalized spacial score (nSPS) is 26.9. The SMILES string of the molecule is O=C(NC1CCCCC1N1CCCC1)c1ccc(C(F)(F)F)cc1C1CC1. The molecule has 1 amide bonds. The first-order valence-electron chi connectivity index (χ1n) is 10.2. The van der Waals surface area contributed by atoms with Gasteiger partial charge in [0.15, 0.2) is 0 Å². The van der Waals surface area contributed by atoms with Gasteiger partial charge in [0.2, 0.25) is 0 Å². The molecule has 2 saturated carbocycles. The number of carbonyl (C=O) groups excluding carboxylic acids is 1. The van der Waals surface area contributed by atoms with E-state index in [0.717, 1.165) is 51.3 Å². The first-order chi connectivity index (χ1) is 12.9. The van der Waals surface area contributed by atoms with Crippen molar-refractivity contribution in [2.45, 2.75) is 75.5 Å². The Balaban J connectivity index is 1.53. The molecule has 4 rings (SSSR count). The molecule has 3 nitrogen and oxygen atoms in total. The van der Waals surface area contributed by atoms with E-state index in [1.807, 2.05) is 0 Å². The molecule has 3 aliphatic rings. The zero-order chi connectivity index (χ0) is 19.0. The van der Waals surface area contributed by atoms with Gasteiger partial charge in [-0.25, -0.2) is 0 Å². The summed E-state index contributed by atoms with van der Waals surface area (Å²) in [6.45, 7) is 2.18. The fourth-order valence-electron chi connectivity index (χ4n) is 4.71. The van der Waals surface area contributed by atoms with Crippen molar-refractivity contribution in [2.24, 2.45) is 0 Å². The van der Waals surface area contributed by atoms with Crippen molar-refractivity contribution in [3.05, 3.63) is 34.9 Å². The second-order valence-corrected chi connectivity index (χ2v) is 8.25. The minimum absolute atomic E-state index is 0.0915. The fourth-order valence-corrected chi connectivity index (χ4v) is 4.71. The van der Waals surface area contributed by atoms with Crippen molar-refractivity contribution < 1.29 is 18.0 Å². The summed E-state index contributed by atoms with van der Waals surface area (Å²) in [6.07, 6.45) is 4.09. The van der Waals surface area contributed by atoms with Crippen LogP contribution in [0.15, 0.2) is 18.2 Å². The minimum Gasteiger partial charge on any atom is -0.348 e. The number of nitrogens with zero attached hydrogens (tertiary/aromatic N) is 1. The average molecular weight is 380 g/mol. The van der Waals surface area contributed by atoms with Crippen LogP contribution in [0.3, 0.4) is 0 Å². The first-order valence-corrected chi connectivity index (χ1v) is 10.2. The van der Waals surface area contributed by atoms with Gasteiger partial charge in [-0.1, -0.05) is 12.8 Å². The lowest BCUT2D eigenvalue weighted by molar-refractivity contribution is -0.137. The number of amides is 1. The Hall–Kier alpha value is -1.56. The molecule has 1 N–H and O–H groups in total. The standard InChI is InChI=1S/C21H27F3N2O/c22-21(23,24)15-9-10-16(17(13-15)14-7-8-14)20(27)25-18-5-1-2-6-19(18)26-11-3-4-12-26/h9-10,13-14,18-19H,1-8,11-12H2,(H,25,27). The molecule has 0 spiro atoms. The number of hydrogen-bond donors (Lipinski definition) is 1. The highest BCUT2D eigenvalue weighted by molar-refractivity contribution is 5.96. The molecule has 1 aliphatic heterocycles. The maximum atomic E-state index is 13.1. The van der Waals surface area contributed by atoms with Crippen LogP contribution < -0.4 is 5.32 Å². The van der Waals surface area contributed by atoms with Crippen molar-refractivity contribution >= 4 is 5.91 Å². The molecule has 0 bridgehead atoms. The molecule has 1 heterocycles. The van der Waals surface area contributed by atoms with Gasteiger partial charge in [-0.3, -0.25) is 9.69 Å². The molecule has 2 atom stereocenters. The molecule has 27 heavy (non-hydrogen) atoms. The second kappa shape index (κ2) is 7.46. The highest BCUT2D eigenvalue weighted by atomic mass is 19.4. The predicted molar refractivity (Wildman–Crippen MR) is 97.7 cm³/mol. The van der Waals surface area contributed by atoms with Crippen LogP contribution in [0.5, 0.6) is 0 Å². The summed E-state index contributed by atoms with van der Waals surface area (Å²) in [5.41, 5.74) is 0.334. The smallest absolute Gasteiger partial charge is 0.348 e. The zero-order valence-corrected chi connectivity index (χ0v) is 15.5. The van der Waals surface area contributed by atoms with Crippen LogP contribution in [-0.4, -0.2) is 36.0 Å². The summed E-state index contributed by atoms with van der Waals surface area (Å²) in [5.74, 6) is -0.115. The van der Waals surface area contributed by atoms with Crippen LogP contribution in [0.4, 0.5) is 13.2 Å². The van der Waals surface area contributed by atoms with Crippen LogP contribution in [0.25, 0.3) is 0 Å². The molecule has 2 unspecified atom stereocenters. The van der Waals surface area contributed by atoms with Crippen LogP contribution in [-0.2, 0) is 6.18 Å². The Labute approximate surface area is 158 Å². The van der Waals surface area contributed by atoms with Crippen molar-refractivity contribution in [2.75, 3.05) is 13.1 Å². The van der Waals surface area contributed by atoms with E-state index in [1.54, 1.807) is 0 Å². The van der Waals surface area contributed by atoms with Crippen molar-refractivity contribution in [3.8, 4) is 0 Å². The van der Waals surface area contributed by atoms with E-state index < -0.39 is 11.7 Å². The van der Waals surface area contributed by atoms with E-state index in [2.05, 4.69) is 10.2 Å². The first kappa shape index (κ1) is 18.8. The Morgan fingerprint density at radius 3 is 2.37 bits per heavy atom. The predicted octanol–water partition coefficient (Wildman–Crippen LogP) is 4.72. The molecule has 148 valence electrons. The Bertz CT molecular complexity index is 693. The number of hydrogen-bond acceptors (Lipinski definition) is 2. The summed E-state index contributed by atoms with van der Waals surface area (Å²) in [7, 11) is 0. The van der Waals surface area contributed by atoms with Gasteiger partial charge in [-0.05, 0) is 81.3 Å². The van der Waals surface area contributed by atoms with Gasteiger partial charge in [0, 0.05) is 17.6 Å². The maximum Gasteiger partial charge on any atom is 0.416 e. The van der Waals surface area contributed by atoms with Crippen molar-refractivity contribution in [1.29, 1.82) is 0 Å². The molecular weight excluding hydrogens is 353 g/mol. The van der Waals surface area contributed by atoms with E-state index in [-0.39, 0.29) is 17.9 Å². The number of halogens is 3. The minimum atomic E-state index is -4.37. The molecule has 2 aliphatic carbocycles. The van der Waals surface area contributed by atoms with Crippen LogP contribution in [0, 0.1) is 0 Å². The van der Waals surface area contributed by atoms with Gasteiger partial charge in [0.05, 0.1) is 5.56 Å². The maximum absolute atomic E-state index is 13.1. The summed E-state index contributed by atoms with van der Waals surface area (Å²) in [4.78, 5) is 15.5. The average Bonchev–Trinajstić information content (AvgIpc) is 3.35. The van der Waals surface area contributed by atoms with Gasteiger partial charge in [-0.15, -0.1) is 0 Å². The number of nitrogens with one attached hydrogen (secondary N) is 1. The summed E-state index contributed by atoms with van der Waals surface area (Å²) in [5, 5.41) is 3.18. The Kier molecular flexibility index (Phi) is 5.19. The lowest BCUT2D eigenvalue weighted by Gasteiger charge is -2.38. The quantitative estimate of drug-likeness (QED) is 0.820. The summed E-state index contributed by atoms with van der Waals surface area (Å²) in [6, 6.07) is 4.06. The third-order valence-corrected chi connectivity index (χ3v) is 6.30. The van der Waals surface area contributed by atoms with E-state index in [4.69, 9.17) is 0 Å². The molecule has 6 heteroatoms.